The maximum absolute atomic E-state index is 4.48. The van der Waals surface area contributed by atoms with Gasteiger partial charge in [-0.3, -0.25) is 9.88 Å². The molecule has 120 valence electrons. The van der Waals surface area contributed by atoms with Crippen molar-refractivity contribution < 1.29 is 0 Å². The van der Waals surface area contributed by atoms with E-state index in [2.05, 4.69) is 50.1 Å². The van der Waals surface area contributed by atoms with Gasteiger partial charge in [-0.25, -0.2) is 4.98 Å². The fraction of sp³-hybridized carbons (Fsp3) is 0.474. The van der Waals surface area contributed by atoms with Crippen molar-refractivity contribution in [2.45, 2.75) is 31.8 Å². The van der Waals surface area contributed by atoms with E-state index in [1.54, 1.807) is 12.4 Å². The Bertz CT molecular complexity index is 616. The number of rotatable bonds is 3. The molecule has 0 amide bonds. The van der Waals surface area contributed by atoms with Gasteiger partial charge in [-0.15, -0.1) is 0 Å². The van der Waals surface area contributed by atoms with Crippen molar-refractivity contribution in [2.24, 2.45) is 5.92 Å². The van der Waals surface area contributed by atoms with Crippen molar-refractivity contribution in [3.8, 4) is 0 Å². The Hall–Kier alpha value is -1.94. The van der Waals surface area contributed by atoms with Crippen molar-refractivity contribution in [2.75, 3.05) is 24.5 Å². The van der Waals surface area contributed by atoms with E-state index in [0.29, 0.717) is 0 Å². The lowest BCUT2D eigenvalue weighted by molar-refractivity contribution is 0.0700. The number of anilines is 1. The Balaban J connectivity index is 1.44. The van der Waals surface area contributed by atoms with Crippen LogP contribution in [0.2, 0.25) is 0 Å². The number of likely N-dealkylation sites (tertiary alicyclic amines) is 1. The van der Waals surface area contributed by atoms with E-state index in [0.717, 1.165) is 37.4 Å². The summed E-state index contributed by atoms with van der Waals surface area (Å²) < 4.78 is 0. The van der Waals surface area contributed by atoms with E-state index in [-0.39, 0.29) is 0 Å². The molecular weight excluding hydrogens is 284 g/mol. The number of fused-ring (bicyclic) bond motifs is 1. The monoisotopic (exact) mass is 308 g/mol. The summed E-state index contributed by atoms with van der Waals surface area (Å²) >= 11 is 0. The van der Waals surface area contributed by atoms with E-state index in [9.17, 15) is 0 Å². The Kier molecular flexibility index (Phi) is 4.24. The molecule has 2 aliphatic rings. The van der Waals surface area contributed by atoms with Gasteiger partial charge in [0.15, 0.2) is 0 Å². The molecule has 4 heteroatoms. The number of nitrogens with zero attached hydrogens (tertiary/aromatic N) is 4. The number of hydrogen-bond acceptors (Lipinski definition) is 4. The molecule has 1 aromatic carbocycles. The molecule has 4 nitrogen and oxygen atoms in total. The molecule has 0 spiro atoms. The minimum Gasteiger partial charge on any atom is -0.355 e. The molecule has 2 saturated heterocycles. The average molecular weight is 308 g/mol. The second-order valence-electron chi connectivity index (χ2n) is 6.72. The van der Waals surface area contributed by atoms with Crippen LogP contribution >= 0.6 is 0 Å². The first kappa shape index (κ1) is 14.6. The molecule has 4 rings (SSSR count). The van der Waals surface area contributed by atoms with Gasteiger partial charge < -0.3 is 4.90 Å². The number of benzene rings is 1. The Labute approximate surface area is 138 Å². The fourth-order valence-corrected chi connectivity index (χ4v) is 4.18. The van der Waals surface area contributed by atoms with Gasteiger partial charge >= 0.3 is 0 Å². The highest BCUT2D eigenvalue weighted by molar-refractivity contribution is 5.36. The van der Waals surface area contributed by atoms with Crippen LogP contribution in [0.3, 0.4) is 0 Å². The van der Waals surface area contributed by atoms with Gasteiger partial charge in [0.2, 0.25) is 0 Å². The summed E-state index contributed by atoms with van der Waals surface area (Å²) in [7, 11) is 0. The predicted molar refractivity (Wildman–Crippen MR) is 92.2 cm³/mol. The van der Waals surface area contributed by atoms with Crippen LogP contribution in [0.15, 0.2) is 48.9 Å². The molecule has 0 N–H and O–H groups in total. The molecule has 0 saturated carbocycles. The maximum Gasteiger partial charge on any atom is 0.147 e. The molecule has 2 aliphatic heterocycles. The van der Waals surface area contributed by atoms with Gasteiger partial charge in [-0.2, -0.15) is 0 Å². The lowest BCUT2D eigenvalue weighted by Crippen LogP contribution is -2.53. The molecule has 23 heavy (non-hydrogen) atoms. The molecule has 3 heterocycles. The molecule has 2 aromatic rings. The molecule has 2 atom stereocenters. The lowest BCUT2D eigenvalue weighted by atomic mass is 9.83. The summed E-state index contributed by atoms with van der Waals surface area (Å²) in [5, 5.41) is 0. The van der Waals surface area contributed by atoms with Gasteiger partial charge in [-0.05, 0) is 37.3 Å². The maximum atomic E-state index is 4.48. The lowest BCUT2D eigenvalue weighted by Gasteiger charge is -2.47. The van der Waals surface area contributed by atoms with Crippen molar-refractivity contribution in [1.82, 2.24) is 14.9 Å². The van der Waals surface area contributed by atoms with Crippen LogP contribution in [0.25, 0.3) is 0 Å². The van der Waals surface area contributed by atoms with Crippen molar-refractivity contribution in [3.63, 3.8) is 0 Å². The third-order valence-electron chi connectivity index (χ3n) is 5.29. The Morgan fingerprint density at radius 2 is 1.96 bits per heavy atom. The fourth-order valence-electron chi connectivity index (χ4n) is 4.18. The van der Waals surface area contributed by atoms with Crippen LogP contribution in [0.1, 0.15) is 24.8 Å². The van der Waals surface area contributed by atoms with E-state index < -0.39 is 0 Å². The molecule has 2 fully saturated rings. The number of piperidine rings is 2. The van der Waals surface area contributed by atoms with E-state index in [1.165, 1.54) is 31.4 Å². The quantitative estimate of drug-likeness (QED) is 0.872. The third kappa shape index (κ3) is 3.22. The standard InChI is InChI=1S/C19H24N4/c1-2-5-16(6-3-1)14-22-11-4-7-17-15-23(12-8-18(17)22)19-13-20-9-10-21-19/h1-3,5-6,9-10,13,17-18H,4,7-8,11-12,14-15H2/t17-,18+/m1/s1. The van der Waals surface area contributed by atoms with E-state index >= 15 is 0 Å². The highest BCUT2D eigenvalue weighted by Crippen LogP contribution is 2.32. The second-order valence-corrected chi connectivity index (χ2v) is 6.72. The summed E-state index contributed by atoms with van der Waals surface area (Å²) in [6.07, 6.45) is 9.32. The average Bonchev–Trinajstić information content (AvgIpc) is 2.63. The molecular formula is C19H24N4. The van der Waals surface area contributed by atoms with Crippen LogP contribution in [0.5, 0.6) is 0 Å². The first-order valence-electron chi connectivity index (χ1n) is 8.69. The number of hydrogen-bond donors (Lipinski definition) is 0. The zero-order valence-corrected chi connectivity index (χ0v) is 13.5. The van der Waals surface area contributed by atoms with E-state index in [4.69, 9.17) is 0 Å². The highest BCUT2D eigenvalue weighted by atomic mass is 15.2. The van der Waals surface area contributed by atoms with Crippen LogP contribution in [0, 0.1) is 5.92 Å². The summed E-state index contributed by atoms with van der Waals surface area (Å²) in [6.45, 7) is 4.54. The molecule has 1 aromatic heterocycles. The second kappa shape index (κ2) is 6.67. The zero-order valence-electron chi connectivity index (χ0n) is 13.5. The molecule has 0 aliphatic carbocycles. The molecule has 0 radical (unpaired) electrons. The van der Waals surface area contributed by atoms with Crippen LogP contribution in [0.4, 0.5) is 5.82 Å². The smallest absolute Gasteiger partial charge is 0.147 e. The summed E-state index contributed by atoms with van der Waals surface area (Å²) in [4.78, 5) is 13.8. The van der Waals surface area contributed by atoms with Gasteiger partial charge in [0.1, 0.15) is 5.82 Å². The van der Waals surface area contributed by atoms with Gasteiger partial charge in [0.05, 0.1) is 6.20 Å². The van der Waals surface area contributed by atoms with Crippen molar-refractivity contribution in [3.05, 3.63) is 54.5 Å². The first-order valence-corrected chi connectivity index (χ1v) is 8.69. The number of aromatic nitrogens is 2. The SMILES string of the molecule is c1ccc(CN2CCC[C@@H]3CN(c4cnccn4)CC[C@@H]32)cc1. The molecule has 0 unspecified atom stereocenters. The zero-order chi connectivity index (χ0) is 15.5. The summed E-state index contributed by atoms with van der Waals surface area (Å²) in [6, 6.07) is 11.6. The van der Waals surface area contributed by atoms with Crippen LogP contribution < -0.4 is 4.90 Å². The largest absolute Gasteiger partial charge is 0.355 e. The van der Waals surface area contributed by atoms with Gasteiger partial charge in [0.25, 0.3) is 0 Å². The van der Waals surface area contributed by atoms with Crippen LogP contribution in [-0.2, 0) is 6.54 Å². The van der Waals surface area contributed by atoms with Gasteiger partial charge in [-0.1, -0.05) is 30.3 Å². The molecule has 0 bridgehead atoms. The topological polar surface area (TPSA) is 32.3 Å². The van der Waals surface area contributed by atoms with Crippen molar-refractivity contribution >= 4 is 5.82 Å². The third-order valence-corrected chi connectivity index (χ3v) is 5.29. The van der Waals surface area contributed by atoms with Crippen LogP contribution in [-0.4, -0.2) is 40.5 Å². The minimum atomic E-state index is 0.719. The van der Waals surface area contributed by atoms with Gasteiger partial charge in [0, 0.05) is 38.1 Å². The highest BCUT2D eigenvalue weighted by Gasteiger charge is 2.36. The van der Waals surface area contributed by atoms with Crippen molar-refractivity contribution in [1.29, 1.82) is 0 Å². The summed E-state index contributed by atoms with van der Waals surface area (Å²) in [5.41, 5.74) is 1.43. The first-order chi connectivity index (χ1) is 11.4. The minimum absolute atomic E-state index is 0.719. The Morgan fingerprint density at radius 1 is 1.04 bits per heavy atom. The summed E-state index contributed by atoms with van der Waals surface area (Å²) in [5.74, 6) is 1.79. The normalized spacial score (nSPS) is 25.1. The predicted octanol–water partition coefficient (Wildman–Crippen LogP) is 2.97. The van der Waals surface area contributed by atoms with E-state index in [1.807, 2.05) is 6.20 Å². The Morgan fingerprint density at radius 3 is 2.78 bits per heavy atom.